The summed E-state index contributed by atoms with van der Waals surface area (Å²) in [4.78, 5) is 17.1. The summed E-state index contributed by atoms with van der Waals surface area (Å²) in [5, 5.41) is 3.13. The number of hydrogen-bond acceptors (Lipinski definition) is 2. The van der Waals surface area contributed by atoms with E-state index in [1.54, 1.807) is 0 Å². The molecule has 1 aromatic carbocycles. The Morgan fingerprint density at radius 2 is 2.05 bits per heavy atom. The number of fused-ring (bicyclic) bond motifs is 4. The van der Waals surface area contributed by atoms with Gasteiger partial charge in [0.05, 0.1) is 0 Å². The monoisotopic (exact) mass is 287 g/mol. The second kappa shape index (κ2) is 6.06. The third-order valence-electron chi connectivity index (χ3n) is 4.80. The minimum absolute atomic E-state index is 0.0703. The molecule has 21 heavy (non-hydrogen) atoms. The SMILES string of the molecule is CCc1ccccc1NC(=O)N1C[C@@H]2CC[C@H]1CN(C)C2. The van der Waals surface area contributed by atoms with Crippen molar-refractivity contribution in [3.8, 4) is 0 Å². The molecule has 3 aliphatic heterocycles. The molecule has 0 aliphatic carbocycles. The predicted molar refractivity (Wildman–Crippen MR) is 85.6 cm³/mol. The van der Waals surface area contributed by atoms with E-state index in [9.17, 15) is 4.79 Å². The number of hydrogen-bond donors (Lipinski definition) is 1. The van der Waals surface area contributed by atoms with Crippen LogP contribution >= 0.6 is 0 Å². The number of likely N-dealkylation sites (N-methyl/N-ethyl adjacent to an activating group) is 1. The molecule has 3 aliphatic rings. The molecule has 3 saturated heterocycles. The number of carbonyl (C=O) groups is 1. The van der Waals surface area contributed by atoms with Crippen LogP contribution in [0.4, 0.5) is 10.5 Å². The summed E-state index contributed by atoms with van der Waals surface area (Å²) < 4.78 is 0. The van der Waals surface area contributed by atoms with E-state index in [0.717, 1.165) is 38.2 Å². The number of nitrogens with one attached hydrogen (secondary N) is 1. The number of aryl methyl sites for hydroxylation is 1. The smallest absolute Gasteiger partial charge is 0.320 e. The molecule has 4 nitrogen and oxygen atoms in total. The van der Waals surface area contributed by atoms with E-state index in [1.807, 2.05) is 18.2 Å². The van der Waals surface area contributed by atoms with E-state index >= 15 is 0 Å². The van der Waals surface area contributed by atoms with Gasteiger partial charge in [-0.3, -0.25) is 0 Å². The van der Waals surface area contributed by atoms with Gasteiger partial charge in [-0.15, -0.1) is 0 Å². The Hall–Kier alpha value is -1.55. The number of nitrogens with zero attached hydrogens (tertiary/aromatic N) is 2. The fourth-order valence-electron chi connectivity index (χ4n) is 3.70. The van der Waals surface area contributed by atoms with Crippen molar-refractivity contribution in [1.29, 1.82) is 0 Å². The Morgan fingerprint density at radius 1 is 1.24 bits per heavy atom. The van der Waals surface area contributed by atoms with Crippen molar-refractivity contribution in [2.75, 3.05) is 32.0 Å². The van der Waals surface area contributed by atoms with E-state index < -0.39 is 0 Å². The summed E-state index contributed by atoms with van der Waals surface area (Å²) in [6.07, 6.45) is 3.33. The first-order valence-electron chi connectivity index (χ1n) is 8.01. The fourth-order valence-corrected chi connectivity index (χ4v) is 3.70. The first-order chi connectivity index (χ1) is 10.2. The standard InChI is InChI=1S/C17H25N3O/c1-3-14-6-4-5-7-16(14)18-17(21)20-11-13-8-9-15(20)12-19(2)10-13/h4-7,13,15H,3,8-12H2,1-2H3,(H,18,21)/t13-,15+/m1/s1. The van der Waals surface area contributed by atoms with Gasteiger partial charge in [-0.25, -0.2) is 4.79 Å². The van der Waals surface area contributed by atoms with Gasteiger partial charge in [0.2, 0.25) is 0 Å². The first-order valence-corrected chi connectivity index (χ1v) is 8.01. The van der Waals surface area contributed by atoms with Crippen molar-refractivity contribution < 1.29 is 4.79 Å². The molecule has 114 valence electrons. The minimum atomic E-state index is 0.0703. The first kappa shape index (κ1) is 14.4. The van der Waals surface area contributed by atoms with E-state index in [-0.39, 0.29) is 6.03 Å². The average Bonchev–Trinajstić information content (AvgIpc) is 2.76. The van der Waals surface area contributed by atoms with Crippen LogP contribution < -0.4 is 5.32 Å². The average molecular weight is 287 g/mol. The zero-order valence-corrected chi connectivity index (χ0v) is 13.0. The summed E-state index contributed by atoms with van der Waals surface area (Å²) in [6, 6.07) is 8.52. The molecule has 2 atom stereocenters. The lowest BCUT2D eigenvalue weighted by molar-refractivity contribution is 0.152. The highest BCUT2D eigenvalue weighted by molar-refractivity contribution is 5.90. The van der Waals surface area contributed by atoms with Gasteiger partial charge in [0.15, 0.2) is 0 Å². The molecule has 4 rings (SSSR count). The van der Waals surface area contributed by atoms with E-state index in [4.69, 9.17) is 0 Å². The molecular formula is C17H25N3O. The highest BCUT2D eigenvalue weighted by Gasteiger charge is 2.36. The van der Waals surface area contributed by atoms with Gasteiger partial charge in [0.1, 0.15) is 0 Å². The molecule has 2 bridgehead atoms. The lowest BCUT2D eigenvalue weighted by Gasteiger charge is -2.36. The Balaban J connectivity index is 1.73. The van der Waals surface area contributed by atoms with Crippen LogP contribution in [0.1, 0.15) is 25.3 Å². The summed E-state index contributed by atoms with van der Waals surface area (Å²) in [7, 11) is 2.17. The third-order valence-corrected chi connectivity index (χ3v) is 4.80. The van der Waals surface area contributed by atoms with Crippen LogP contribution in [0.3, 0.4) is 0 Å². The zero-order chi connectivity index (χ0) is 14.8. The largest absolute Gasteiger partial charge is 0.322 e. The van der Waals surface area contributed by atoms with Crippen LogP contribution in [0.2, 0.25) is 0 Å². The van der Waals surface area contributed by atoms with Gasteiger partial charge in [0, 0.05) is 31.4 Å². The van der Waals surface area contributed by atoms with Gasteiger partial charge < -0.3 is 15.1 Å². The molecule has 0 saturated carbocycles. The van der Waals surface area contributed by atoms with Gasteiger partial charge in [-0.1, -0.05) is 25.1 Å². The molecule has 3 heterocycles. The summed E-state index contributed by atoms with van der Waals surface area (Å²) in [5.41, 5.74) is 2.15. The van der Waals surface area contributed by atoms with Crippen LogP contribution in [-0.4, -0.2) is 48.6 Å². The van der Waals surface area contributed by atoms with Crippen molar-refractivity contribution >= 4 is 11.7 Å². The fraction of sp³-hybridized carbons (Fsp3) is 0.588. The van der Waals surface area contributed by atoms with Gasteiger partial charge in [-0.2, -0.15) is 0 Å². The Bertz CT molecular complexity index is 517. The minimum Gasteiger partial charge on any atom is -0.320 e. The van der Waals surface area contributed by atoms with E-state index in [2.05, 4.69) is 35.2 Å². The number of benzene rings is 1. The van der Waals surface area contributed by atoms with Crippen molar-refractivity contribution in [2.24, 2.45) is 5.92 Å². The number of amides is 2. The van der Waals surface area contributed by atoms with E-state index in [0.29, 0.717) is 12.0 Å². The Kier molecular flexibility index (Phi) is 4.15. The van der Waals surface area contributed by atoms with E-state index in [1.165, 1.54) is 12.0 Å². The van der Waals surface area contributed by atoms with Crippen LogP contribution in [0, 0.1) is 5.92 Å². The van der Waals surface area contributed by atoms with Crippen molar-refractivity contribution in [3.63, 3.8) is 0 Å². The summed E-state index contributed by atoms with van der Waals surface area (Å²) in [5.74, 6) is 0.626. The van der Waals surface area contributed by atoms with Crippen molar-refractivity contribution in [1.82, 2.24) is 9.80 Å². The molecule has 0 radical (unpaired) electrons. The molecule has 3 fully saturated rings. The van der Waals surface area contributed by atoms with Crippen LogP contribution in [-0.2, 0) is 6.42 Å². The molecule has 0 aromatic heterocycles. The number of carbonyl (C=O) groups excluding carboxylic acids is 1. The maximum Gasteiger partial charge on any atom is 0.322 e. The Morgan fingerprint density at radius 3 is 2.86 bits per heavy atom. The summed E-state index contributed by atoms with van der Waals surface area (Å²) >= 11 is 0. The van der Waals surface area contributed by atoms with Gasteiger partial charge in [0.25, 0.3) is 0 Å². The molecular weight excluding hydrogens is 262 g/mol. The molecule has 0 spiro atoms. The summed E-state index contributed by atoms with van der Waals surface area (Å²) in [6.45, 7) is 5.13. The second-order valence-electron chi connectivity index (χ2n) is 6.41. The van der Waals surface area contributed by atoms with Crippen LogP contribution in [0.5, 0.6) is 0 Å². The third kappa shape index (κ3) is 3.05. The van der Waals surface area contributed by atoms with Crippen LogP contribution in [0.25, 0.3) is 0 Å². The number of para-hydroxylation sites is 1. The van der Waals surface area contributed by atoms with Crippen molar-refractivity contribution in [2.45, 2.75) is 32.2 Å². The molecule has 4 heteroatoms. The molecule has 1 N–H and O–H groups in total. The molecule has 0 unspecified atom stereocenters. The maximum absolute atomic E-state index is 12.7. The molecule has 2 amide bonds. The molecule has 1 aromatic rings. The van der Waals surface area contributed by atoms with Crippen molar-refractivity contribution in [3.05, 3.63) is 29.8 Å². The zero-order valence-electron chi connectivity index (χ0n) is 13.0. The predicted octanol–water partition coefficient (Wildman–Crippen LogP) is 2.81. The number of anilines is 1. The highest BCUT2D eigenvalue weighted by atomic mass is 16.2. The quantitative estimate of drug-likeness (QED) is 0.908. The lowest BCUT2D eigenvalue weighted by Crippen LogP contribution is -2.49. The highest BCUT2D eigenvalue weighted by Crippen LogP contribution is 2.28. The number of piperidine rings is 1. The lowest BCUT2D eigenvalue weighted by atomic mass is 9.95. The topological polar surface area (TPSA) is 35.6 Å². The number of urea groups is 1. The van der Waals surface area contributed by atoms with Crippen LogP contribution in [0.15, 0.2) is 24.3 Å². The normalized spacial score (nSPS) is 25.7. The Labute approximate surface area is 127 Å². The number of rotatable bonds is 2. The van der Waals surface area contributed by atoms with Gasteiger partial charge in [-0.05, 0) is 43.9 Å². The maximum atomic E-state index is 12.7. The van der Waals surface area contributed by atoms with Gasteiger partial charge >= 0.3 is 6.03 Å². The second-order valence-corrected chi connectivity index (χ2v) is 6.41.